The fraction of sp³-hybridized carbons (Fsp3) is 0.192. The van der Waals surface area contributed by atoms with Crippen LogP contribution in [0.25, 0.3) is 16.6 Å². The van der Waals surface area contributed by atoms with Crippen molar-refractivity contribution in [1.29, 1.82) is 5.26 Å². The number of hydrogen-bond donors (Lipinski definition) is 0. The van der Waals surface area contributed by atoms with Crippen molar-refractivity contribution in [2.45, 2.75) is 13.0 Å². The van der Waals surface area contributed by atoms with Gasteiger partial charge in [0.05, 0.1) is 48.3 Å². The summed E-state index contributed by atoms with van der Waals surface area (Å²) in [6.45, 7) is 0.722. The van der Waals surface area contributed by atoms with Gasteiger partial charge in [-0.15, -0.1) is 0 Å². The highest BCUT2D eigenvalue weighted by Crippen LogP contribution is 2.32. The molecule has 0 bridgehead atoms. The van der Waals surface area contributed by atoms with Gasteiger partial charge in [-0.1, -0.05) is 0 Å². The van der Waals surface area contributed by atoms with Crippen molar-refractivity contribution < 1.29 is 18.7 Å². The lowest BCUT2D eigenvalue weighted by atomic mass is 10.1. The molecule has 0 saturated heterocycles. The van der Waals surface area contributed by atoms with Gasteiger partial charge in [-0.2, -0.15) is 10.4 Å². The second-order valence-corrected chi connectivity index (χ2v) is 8.02. The summed E-state index contributed by atoms with van der Waals surface area (Å²) in [6.07, 6.45) is 0.527. The molecule has 5 rings (SSSR count). The first-order chi connectivity index (χ1) is 16.5. The number of methoxy groups -OCH3 is 2. The van der Waals surface area contributed by atoms with E-state index >= 15 is 0 Å². The zero-order valence-electron chi connectivity index (χ0n) is 18.7. The fourth-order valence-corrected chi connectivity index (χ4v) is 4.39. The summed E-state index contributed by atoms with van der Waals surface area (Å²) in [4.78, 5) is 15.2. The number of carbonyl (C=O) groups excluding carboxylic acids is 1. The van der Waals surface area contributed by atoms with Crippen LogP contribution in [0.5, 0.6) is 11.5 Å². The Morgan fingerprint density at radius 1 is 1.09 bits per heavy atom. The van der Waals surface area contributed by atoms with Gasteiger partial charge in [0.2, 0.25) is 0 Å². The van der Waals surface area contributed by atoms with E-state index in [0.717, 1.165) is 16.9 Å². The molecule has 34 heavy (non-hydrogen) atoms. The molecule has 0 atom stereocenters. The van der Waals surface area contributed by atoms with E-state index in [9.17, 15) is 9.18 Å². The number of carbonyl (C=O) groups is 1. The Hall–Kier alpha value is -4.38. The van der Waals surface area contributed by atoms with Crippen molar-refractivity contribution in [3.8, 4) is 23.3 Å². The highest BCUT2D eigenvalue weighted by Gasteiger charge is 2.29. The minimum absolute atomic E-state index is 0.263. The maximum Gasteiger partial charge on any atom is 0.255 e. The van der Waals surface area contributed by atoms with Crippen molar-refractivity contribution >= 4 is 16.8 Å². The predicted octanol–water partition coefficient (Wildman–Crippen LogP) is 4.25. The number of nitrogens with zero attached hydrogens (tertiary/aromatic N) is 4. The molecule has 0 N–H and O–H groups in total. The lowest BCUT2D eigenvalue weighted by Gasteiger charge is -2.23. The normalized spacial score (nSPS) is 13.0. The molecule has 0 aliphatic carbocycles. The Balaban J connectivity index is 1.57. The summed E-state index contributed by atoms with van der Waals surface area (Å²) in [5.74, 6) is 0.489. The maximum absolute atomic E-state index is 14.5. The number of amides is 1. The van der Waals surface area contributed by atoms with Crippen LogP contribution in [0, 0.1) is 17.1 Å². The summed E-state index contributed by atoms with van der Waals surface area (Å²) in [5.41, 5.74) is 3.64. The van der Waals surface area contributed by atoms with E-state index in [1.54, 1.807) is 54.1 Å². The van der Waals surface area contributed by atoms with Gasteiger partial charge >= 0.3 is 0 Å². The second-order valence-electron chi connectivity index (χ2n) is 8.02. The van der Waals surface area contributed by atoms with E-state index in [1.807, 2.05) is 12.1 Å². The van der Waals surface area contributed by atoms with Gasteiger partial charge in [-0.3, -0.25) is 4.79 Å². The van der Waals surface area contributed by atoms with Crippen LogP contribution in [0.3, 0.4) is 0 Å². The maximum atomic E-state index is 14.5. The molecule has 0 fully saturated rings. The monoisotopic (exact) mass is 456 g/mol. The van der Waals surface area contributed by atoms with E-state index in [0.29, 0.717) is 47.5 Å². The molecule has 3 aromatic carbocycles. The molecule has 7 nitrogen and oxygen atoms in total. The molecule has 4 aromatic rings. The number of ether oxygens (including phenoxy) is 2. The van der Waals surface area contributed by atoms with E-state index in [2.05, 4.69) is 11.2 Å². The Labute approximate surface area is 195 Å². The lowest BCUT2D eigenvalue weighted by molar-refractivity contribution is 0.0748. The van der Waals surface area contributed by atoms with Crippen molar-refractivity contribution in [2.24, 2.45) is 0 Å². The molecule has 1 aliphatic rings. The van der Waals surface area contributed by atoms with Crippen LogP contribution < -0.4 is 9.47 Å². The Kier molecular flexibility index (Phi) is 5.38. The summed E-state index contributed by atoms with van der Waals surface area (Å²) in [5, 5.41) is 14.3. The molecule has 8 heteroatoms. The largest absolute Gasteiger partial charge is 0.497 e. The highest BCUT2D eigenvalue weighted by molar-refractivity contribution is 6.08. The van der Waals surface area contributed by atoms with Crippen LogP contribution in [-0.2, 0) is 13.0 Å². The highest BCUT2D eigenvalue weighted by atomic mass is 19.1. The number of benzene rings is 3. The zero-order valence-corrected chi connectivity index (χ0v) is 18.7. The fourth-order valence-electron chi connectivity index (χ4n) is 4.39. The summed E-state index contributed by atoms with van der Waals surface area (Å²) in [6, 6.07) is 17.2. The van der Waals surface area contributed by atoms with Gasteiger partial charge in [-0.25, -0.2) is 9.07 Å². The van der Waals surface area contributed by atoms with E-state index in [4.69, 9.17) is 14.7 Å². The van der Waals surface area contributed by atoms with Gasteiger partial charge < -0.3 is 14.4 Å². The smallest absolute Gasteiger partial charge is 0.255 e. The van der Waals surface area contributed by atoms with Gasteiger partial charge in [-0.05, 0) is 42.5 Å². The SMILES string of the molecule is COc1ccc(CN2CCc3c4c(cc(F)cc4nn3-c3ccc(C#N)cc3)C2=O)c(OC)c1. The average molecular weight is 456 g/mol. The van der Waals surface area contributed by atoms with Crippen LogP contribution in [0.2, 0.25) is 0 Å². The Morgan fingerprint density at radius 2 is 1.88 bits per heavy atom. The van der Waals surface area contributed by atoms with Gasteiger partial charge in [0, 0.05) is 42.6 Å². The standard InChI is InChI=1S/C26H21FN4O3/c1-33-20-8-5-17(24(13-20)34-2)15-30-10-9-23-25-21(26(30)32)11-18(27)12-22(25)29-31(23)19-6-3-16(14-28)4-7-19/h3-8,11-13H,9-10,15H2,1-2H3. The Bertz CT molecular complexity index is 1450. The number of hydrogen-bond acceptors (Lipinski definition) is 5. The predicted molar refractivity (Wildman–Crippen MR) is 124 cm³/mol. The lowest BCUT2D eigenvalue weighted by Crippen LogP contribution is -2.31. The van der Waals surface area contributed by atoms with Crippen molar-refractivity contribution in [3.05, 3.63) is 82.8 Å². The number of nitriles is 1. The number of aromatic nitrogens is 2. The molecule has 1 aromatic heterocycles. The molecule has 1 aliphatic heterocycles. The summed E-state index contributed by atoms with van der Waals surface area (Å²) < 4.78 is 27.0. The number of halogens is 1. The Morgan fingerprint density at radius 3 is 2.59 bits per heavy atom. The molecule has 0 saturated carbocycles. The van der Waals surface area contributed by atoms with Gasteiger partial charge in [0.1, 0.15) is 17.3 Å². The molecular formula is C26H21FN4O3. The minimum Gasteiger partial charge on any atom is -0.497 e. The second kappa shape index (κ2) is 8.52. The third-order valence-electron chi connectivity index (χ3n) is 6.07. The van der Waals surface area contributed by atoms with Crippen molar-refractivity contribution in [1.82, 2.24) is 14.7 Å². The van der Waals surface area contributed by atoms with Gasteiger partial charge in [0.25, 0.3) is 5.91 Å². The van der Waals surface area contributed by atoms with E-state index in [-0.39, 0.29) is 11.5 Å². The first-order valence-electron chi connectivity index (χ1n) is 10.7. The van der Waals surface area contributed by atoms with Crippen molar-refractivity contribution in [2.75, 3.05) is 20.8 Å². The molecule has 0 radical (unpaired) electrons. The van der Waals surface area contributed by atoms with Crippen LogP contribution in [0.1, 0.15) is 27.2 Å². The van der Waals surface area contributed by atoms with E-state index < -0.39 is 5.82 Å². The minimum atomic E-state index is -0.518. The van der Waals surface area contributed by atoms with Crippen LogP contribution in [0.15, 0.2) is 54.6 Å². The first-order valence-corrected chi connectivity index (χ1v) is 10.7. The molecule has 170 valence electrons. The quantitative estimate of drug-likeness (QED) is 0.449. The molecule has 0 unspecified atom stereocenters. The van der Waals surface area contributed by atoms with Crippen LogP contribution in [0.4, 0.5) is 4.39 Å². The first kappa shape index (κ1) is 21.5. The molecule has 1 amide bonds. The summed E-state index contributed by atoms with van der Waals surface area (Å²) >= 11 is 0. The zero-order chi connectivity index (χ0) is 23.8. The molecule has 2 heterocycles. The average Bonchev–Trinajstić information content (AvgIpc) is 3.17. The number of rotatable bonds is 5. The van der Waals surface area contributed by atoms with Crippen LogP contribution >= 0.6 is 0 Å². The topological polar surface area (TPSA) is 80.4 Å². The third-order valence-corrected chi connectivity index (χ3v) is 6.07. The molecular weight excluding hydrogens is 435 g/mol. The third kappa shape index (κ3) is 3.61. The van der Waals surface area contributed by atoms with Gasteiger partial charge in [0.15, 0.2) is 0 Å². The molecule has 0 spiro atoms. The van der Waals surface area contributed by atoms with Crippen molar-refractivity contribution in [3.63, 3.8) is 0 Å². The summed E-state index contributed by atoms with van der Waals surface area (Å²) in [7, 11) is 3.15. The van der Waals surface area contributed by atoms with Crippen LogP contribution in [-0.4, -0.2) is 41.4 Å². The van der Waals surface area contributed by atoms with E-state index in [1.165, 1.54) is 12.1 Å².